The molecule has 0 saturated carbocycles. The van der Waals surface area contributed by atoms with E-state index in [0.29, 0.717) is 27.6 Å². The summed E-state index contributed by atoms with van der Waals surface area (Å²) in [7, 11) is 0. The number of nitrogens with one attached hydrogen (secondary N) is 1. The number of carbonyl (C=O) groups excluding carboxylic acids is 3. The molecule has 0 unspecified atom stereocenters. The van der Waals surface area contributed by atoms with Crippen molar-refractivity contribution < 1.29 is 23.5 Å². The van der Waals surface area contributed by atoms with Gasteiger partial charge in [-0.15, -0.1) is 0 Å². The summed E-state index contributed by atoms with van der Waals surface area (Å²) in [5.74, 6) is -1.70. The summed E-state index contributed by atoms with van der Waals surface area (Å²) in [6.45, 7) is 0.0548. The molecule has 3 aromatic rings. The highest BCUT2D eigenvalue weighted by atomic mass is 79.9. The van der Waals surface area contributed by atoms with E-state index in [4.69, 9.17) is 16.3 Å². The van der Waals surface area contributed by atoms with E-state index < -0.39 is 23.7 Å². The fourth-order valence-electron chi connectivity index (χ4n) is 3.19. The maximum absolute atomic E-state index is 13.5. The Kier molecular flexibility index (Phi) is 6.57. The molecular weight excluding hydrogens is 515 g/mol. The zero-order chi connectivity index (χ0) is 23.5. The number of imide groups is 2. The second kappa shape index (κ2) is 9.56. The smallest absolute Gasteiger partial charge is 0.335 e. The summed E-state index contributed by atoms with van der Waals surface area (Å²) in [6.07, 6.45) is 1.31. The van der Waals surface area contributed by atoms with Crippen molar-refractivity contribution in [3.63, 3.8) is 0 Å². The van der Waals surface area contributed by atoms with Gasteiger partial charge in [-0.25, -0.2) is 14.1 Å². The Morgan fingerprint density at radius 1 is 1.03 bits per heavy atom. The lowest BCUT2D eigenvalue weighted by atomic mass is 10.1. The van der Waals surface area contributed by atoms with Gasteiger partial charge in [-0.1, -0.05) is 39.7 Å². The fourth-order valence-corrected chi connectivity index (χ4v) is 3.63. The van der Waals surface area contributed by atoms with Gasteiger partial charge in [0.05, 0.1) is 5.69 Å². The first-order valence-corrected chi connectivity index (χ1v) is 10.8. The van der Waals surface area contributed by atoms with Crippen molar-refractivity contribution in [1.29, 1.82) is 0 Å². The van der Waals surface area contributed by atoms with Crippen LogP contribution in [0.15, 0.2) is 76.8 Å². The predicted molar refractivity (Wildman–Crippen MR) is 125 cm³/mol. The minimum atomic E-state index is -0.849. The molecule has 4 amide bonds. The van der Waals surface area contributed by atoms with Crippen LogP contribution >= 0.6 is 27.5 Å². The molecule has 0 atom stereocenters. The minimum Gasteiger partial charge on any atom is -0.488 e. The molecule has 1 N–H and O–H groups in total. The molecule has 166 valence electrons. The number of amides is 4. The van der Waals surface area contributed by atoms with Gasteiger partial charge in [-0.2, -0.15) is 0 Å². The van der Waals surface area contributed by atoms with Crippen LogP contribution in [0.1, 0.15) is 11.1 Å². The number of anilines is 1. The number of carbonyl (C=O) groups is 3. The van der Waals surface area contributed by atoms with E-state index >= 15 is 0 Å². The van der Waals surface area contributed by atoms with E-state index in [1.165, 1.54) is 24.3 Å². The lowest BCUT2D eigenvalue weighted by molar-refractivity contribution is -0.122. The number of urea groups is 1. The van der Waals surface area contributed by atoms with Gasteiger partial charge in [0.1, 0.15) is 23.7 Å². The van der Waals surface area contributed by atoms with E-state index in [2.05, 4.69) is 21.2 Å². The number of benzene rings is 3. The first kappa shape index (κ1) is 22.7. The molecule has 1 heterocycles. The van der Waals surface area contributed by atoms with E-state index in [1.807, 2.05) is 0 Å². The van der Waals surface area contributed by atoms with Crippen LogP contribution in [0.25, 0.3) is 6.08 Å². The Bertz CT molecular complexity index is 1290. The first-order chi connectivity index (χ1) is 15.8. The van der Waals surface area contributed by atoms with Crippen LogP contribution in [-0.2, 0) is 16.2 Å². The van der Waals surface area contributed by atoms with Gasteiger partial charge in [-0.3, -0.25) is 14.9 Å². The summed E-state index contributed by atoms with van der Waals surface area (Å²) >= 11 is 9.42. The Morgan fingerprint density at radius 3 is 2.52 bits per heavy atom. The second-order valence-corrected chi connectivity index (χ2v) is 8.39. The van der Waals surface area contributed by atoms with Crippen LogP contribution in [0.3, 0.4) is 0 Å². The number of rotatable bonds is 5. The normalized spacial score (nSPS) is 15.1. The summed E-state index contributed by atoms with van der Waals surface area (Å²) in [6, 6.07) is 16.3. The average Bonchev–Trinajstić information content (AvgIpc) is 2.77. The van der Waals surface area contributed by atoms with Gasteiger partial charge in [0.25, 0.3) is 11.8 Å². The van der Waals surface area contributed by atoms with Gasteiger partial charge < -0.3 is 4.74 Å². The van der Waals surface area contributed by atoms with Crippen molar-refractivity contribution >= 4 is 57.1 Å². The molecule has 4 rings (SSSR count). The summed E-state index contributed by atoms with van der Waals surface area (Å²) in [5.41, 5.74) is 0.979. The van der Waals surface area contributed by atoms with Crippen molar-refractivity contribution in [2.75, 3.05) is 4.90 Å². The summed E-state index contributed by atoms with van der Waals surface area (Å²) in [4.78, 5) is 38.8. The third kappa shape index (κ3) is 5.13. The Hall–Kier alpha value is -3.49. The summed E-state index contributed by atoms with van der Waals surface area (Å²) in [5, 5.41) is 2.52. The molecule has 1 fully saturated rings. The lowest BCUT2D eigenvalue weighted by Crippen LogP contribution is -2.54. The van der Waals surface area contributed by atoms with Crippen molar-refractivity contribution in [1.82, 2.24) is 5.32 Å². The van der Waals surface area contributed by atoms with Gasteiger partial charge in [0.2, 0.25) is 0 Å². The Balaban J connectivity index is 1.67. The fraction of sp³-hybridized carbons (Fsp3) is 0.0417. The zero-order valence-electron chi connectivity index (χ0n) is 16.8. The van der Waals surface area contributed by atoms with Gasteiger partial charge in [0, 0.05) is 15.1 Å². The van der Waals surface area contributed by atoms with Crippen molar-refractivity contribution in [2.45, 2.75) is 6.61 Å². The maximum Gasteiger partial charge on any atom is 0.335 e. The quantitative estimate of drug-likeness (QED) is 0.350. The molecule has 1 aliphatic heterocycles. The van der Waals surface area contributed by atoms with E-state index in [0.717, 1.165) is 9.37 Å². The van der Waals surface area contributed by atoms with Crippen LogP contribution in [0.4, 0.5) is 14.9 Å². The van der Waals surface area contributed by atoms with Crippen LogP contribution < -0.4 is 15.0 Å². The second-order valence-electron chi connectivity index (χ2n) is 7.04. The van der Waals surface area contributed by atoms with Gasteiger partial charge in [0.15, 0.2) is 0 Å². The predicted octanol–water partition coefficient (Wildman–Crippen LogP) is 5.49. The monoisotopic (exact) mass is 528 g/mol. The van der Waals surface area contributed by atoms with Crippen molar-refractivity contribution in [3.05, 3.63) is 98.7 Å². The highest BCUT2D eigenvalue weighted by molar-refractivity contribution is 9.10. The molecule has 0 aliphatic carbocycles. The molecule has 1 saturated heterocycles. The molecule has 0 bridgehead atoms. The molecule has 1 aliphatic rings. The number of nitrogens with zero attached hydrogens (tertiary/aromatic N) is 1. The Labute approximate surface area is 201 Å². The van der Waals surface area contributed by atoms with Crippen LogP contribution in [0, 0.1) is 5.82 Å². The number of barbiturate groups is 1. The van der Waals surface area contributed by atoms with Crippen molar-refractivity contribution in [3.8, 4) is 5.75 Å². The maximum atomic E-state index is 13.5. The van der Waals surface area contributed by atoms with Crippen LogP contribution in [0.2, 0.25) is 5.02 Å². The molecule has 0 aromatic heterocycles. The zero-order valence-corrected chi connectivity index (χ0v) is 19.2. The average molecular weight is 530 g/mol. The standard InChI is InChI=1S/C24H15BrClFN2O4/c25-16-4-7-19(8-5-16)29-23(31)20(22(30)28-24(29)32)12-15-11-17(26)6-9-21(15)33-13-14-2-1-3-18(27)10-14/h1-12H,13H2,(H,28,30,32)/b20-12+. The third-order valence-corrected chi connectivity index (χ3v) is 5.51. The van der Waals surface area contributed by atoms with Crippen molar-refractivity contribution in [2.24, 2.45) is 0 Å². The molecule has 0 spiro atoms. The third-order valence-electron chi connectivity index (χ3n) is 4.74. The number of halogens is 3. The van der Waals surface area contributed by atoms with Gasteiger partial charge >= 0.3 is 6.03 Å². The molecule has 33 heavy (non-hydrogen) atoms. The number of hydrogen-bond donors (Lipinski definition) is 1. The van der Waals surface area contributed by atoms with Crippen LogP contribution in [0.5, 0.6) is 5.75 Å². The van der Waals surface area contributed by atoms with E-state index in [-0.39, 0.29) is 12.2 Å². The van der Waals surface area contributed by atoms with E-state index in [9.17, 15) is 18.8 Å². The Morgan fingerprint density at radius 2 is 1.79 bits per heavy atom. The lowest BCUT2D eigenvalue weighted by Gasteiger charge is -2.26. The van der Waals surface area contributed by atoms with Crippen LogP contribution in [-0.4, -0.2) is 17.8 Å². The molecule has 6 nitrogen and oxygen atoms in total. The number of hydrogen-bond acceptors (Lipinski definition) is 4. The molecular formula is C24H15BrClFN2O4. The molecule has 9 heteroatoms. The van der Waals surface area contributed by atoms with Gasteiger partial charge in [-0.05, 0) is 66.2 Å². The SMILES string of the molecule is O=C1NC(=O)N(c2ccc(Br)cc2)C(=O)/C1=C/c1cc(Cl)ccc1OCc1cccc(F)c1. The largest absolute Gasteiger partial charge is 0.488 e. The van der Waals surface area contributed by atoms with E-state index in [1.54, 1.807) is 48.5 Å². The number of ether oxygens (including phenoxy) is 1. The molecule has 0 radical (unpaired) electrons. The first-order valence-electron chi connectivity index (χ1n) is 9.65. The molecule has 3 aromatic carbocycles. The highest BCUT2D eigenvalue weighted by Gasteiger charge is 2.37. The minimum absolute atomic E-state index is 0.0548. The topological polar surface area (TPSA) is 75.7 Å². The summed E-state index contributed by atoms with van der Waals surface area (Å²) < 4.78 is 20.0. The highest BCUT2D eigenvalue weighted by Crippen LogP contribution is 2.29.